The molecule has 0 saturated heterocycles. The van der Waals surface area contributed by atoms with E-state index in [0.29, 0.717) is 11.3 Å². The van der Waals surface area contributed by atoms with E-state index in [1.165, 1.54) is 18.4 Å². The molecule has 1 aromatic heterocycles. The van der Waals surface area contributed by atoms with E-state index in [0.717, 1.165) is 24.8 Å². The van der Waals surface area contributed by atoms with Gasteiger partial charge in [0.1, 0.15) is 5.82 Å². The molecular formula is C18H22FN. The third kappa shape index (κ3) is 3.66. The fourth-order valence-corrected chi connectivity index (χ4v) is 2.29. The zero-order valence-electron chi connectivity index (χ0n) is 12.3. The maximum Gasteiger partial charge on any atom is 0.132 e. The molecule has 0 amide bonds. The van der Waals surface area contributed by atoms with Crippen LogP contribution in [0.4, 0.5) is 4.39 Å². The quantitative estimate of drug-likeness (QED) is 0.659. The molecule has 1 heterocycles. The minimum atomic E-state index is -0.171. The summed E-state index contributed by atoms with van der Waals surface area (Å²) in [6, 6.07) is 9.43. The van der Waals surface area contributed by atoms with Crippen molar-refractivity contribution in [2.24, 2.45) is 0 Å². The fourth-order valence-electron chi connectivity index (χ4n) is 2.29. The predicted molar refractivity (Wildman–Crippen MR) is 82.2 cm³/mol. The maximum absolute atomic E-state index is 14.2. The standard InChI is InChI=1S/C18H22FN/c1-3-5-6-7-15-8-10-16(17(19)12-15)18-11-9-14(4-2)13-20-18/h8-13H,3-7H2,1-2H3. The number of hydrogen-bond donors (Lipinski definition) is 0. The van der Waals surface area contributed by atoms with Gasteiger partial charge in [0.25, 0.3) is 0 Å². The average Bonchev–Trinajstić information content (AvgIpc) is 2.48. The Morgan fingerprint density at radius 3 is 2.40 bits per heavy atom. The molecule has 0 aliphatic rings. The number of rotatable bonds is 6. The number of pyridine rings is 1. The molecule has 0 atom stereocenters. The van der Waals surface area contributed by atoms with E-state index in [2.05, 4.69) is 18.8 Å². The maximum atomic E-state index is 14.2. The van der Waals surface area contributed by atoms with Crippen LogP contribution in [0.2, 0.25) is 0 Å². The number of aromatic nitrogens is 1. The van der Waals surface area contributed by atoms with Crippen LogP contribution in [0.15, 0.2) is 36.5 Å². The first-order valence-electron chi connectivity index (χ1n) is 7.48. The van der Waals surface area contributed by atoms with Gasteiger partial charge in [-0.25, -0.2) is 4.39 Å². The summed E-state index contributed by atoms with van der Waals surface area (Å²) in [7, 11) is 0. The molecule has 0 aliphatic carbocycles. The van der Waals surface area contributed by atoms with Gasteiger partial charge in [-0.15, -0.1) is 0 Å². The topological polar surface area (TPSA) is 12.9 Å². The van der Waals surface area contributed by atoms with Crippen LogP contribution >= 0.6 is 0 Å². The third-order valence-electron chi connectivity index (χ3n) is 3.61. The molecule has 0 saturated carbocycles. The Morgan fingerprint density at radius 2 is 1.80 bits per heavy atom. The van der Waals surface area contributed by atoms with Crippen LogP contribution in [-0.2, 0) is 12.8 Å². The minimum absolute atomic E-state index is 0.171. The lowest BCUT2D eigenvalue weighted by Gasteiger charge is -2.06. The Bertz CT molecular complexity index is 546. The van der Waals surface area contributed by atoms with Gasteiger partial charge in [0.2, 0.25) is 0 Å². The summed E-state index contributed by atoms with van der Waals surface area (Å²) in [6.45, 7) is 4.26. The van der Waals surface area contributed by atoms with Gasteiger partial charge in [0.15, 0.2) is 0 Å². The Labute approximate surface area is 120 Å². The molecule has 1 nitrogen and oxygen atoms in total. The molecule has 0 N–H and O–H groups in total. The number of aryl methyl sites for hydroxylation is 2. The number of unbranched alkanes of at least 4 members (excludes halogenated alkanes) is 2. The number of nitrogens with zero attached hydrogens (tertiary/aromatic N) is 1. The molecule has 106 valence electrons. The molecule has 20 heavy (non-hydrogen) atoms. The molecule has 0 fully saturated rings. The van der Waals surface area contributed by atoms with Crippen LogP contribution in [-0.4, -0.2) is 4.98 Å². The average molecular weight is 271 g/mol. The highest BCUT2D eigenvalue weighted by Crippen LogP contribution is 2.23. The number of halogens is 1. The summed E-state index contributed by atoms with van der Waals surface area (Å²) < 4.78 is 14.2. The van der Waals surface area contributed by atoms with Crippen molar-refractivity contribution < 1.29 is 4.39 Å². The predicted octanol–water partition coefficient (Wildman–Crippen LogP) is 5.18. The van der Waals surface area contributed by atoms with Gasteiger partial charge in [-0.05, 0) is 48.6 Å². The Hall–Kier alpha value is -1.70. The van der Waals surface area contributed by atoms with Crippen molar-refractivity contribution in [2.45, 2.75) is 46.0 Å². The second kappa shape index (κ2) is 7.18. The number of hydrogen-bond acceptors (Lipinski definition) is 1. The largest absolute Gasteiger partial charge is 0.256 e. The summed E-state index contributed by atoms with van der Waals surface area (Å²) in [5.74, 6) is -0.171. The normalized spacial score (nSPS) is 10.8. The zero-order chi connectivity index (χ0) is 14.4. The van der Waals surface area contributed by atoms with Crippen LogP contribution in [0.3, 0.4) is 0 Å². The van der Waals surface area contributed by atoms with Crippen molar-refractivity contribution >= 4 is 0 Å². The fraction of sp³-hybridized carbons (Fsp3) is 0.389. The molecule has 0 radical (unpaired) electrons. The SMILES string of the molecule is CCCCCc1ccc(-c2ccc(CC)cn2)c(F)c1. The molecule has 0 aliphatic heterocycles. The molecule has 0 spiro atoms. The monoisotopic (exact) mass is 271 g/mol. The van der Waals surface area contributed by atoms with Gasteiger partial charge in [0.05, 0.1) is 5.69 Å². The smallest absolute Gasteiger partial charge is 0.132 e. The Morgan fingerprint density at radius 1 is 1.00 bits per heavy atom. The van der Waals surface area contributed by atoms with Gasteiger partial charge in [-0.1, -0.05) is 38.8 Å². The van der Waals surface area contributed by atoms with E-state index in [1.54, 1.807) is 6.07 Å². The van der Waals surface area contributed by atoms with Gasteiger partial charge >= 0.3 is 0 Å². The van der Waals surface area contributed by atoms with Gasteiger partial charge < -0.3 is 0 Å². The lowest BCUT2D eigenvalue weighted by Crippen LogP contribution is -1.93. The molecule has 2 rings (SSSR count). The molecular weight excluding hydrogens is 249 g/mol. The van der Waals surface area contributed by atoms with Gasteiger partial charge in [0, 0.05) is 11.8 Å². The lowest BCUT2D eigenvalue weighted by atomic mass is 10.0. The Kier molecular flexibility index (Phi) is 5.28. The highest BCUT2D eigenvalue weighted by atomic mass is 19.1. The zero-order valence-corrected chi connectivity index (χ0v) is 12.3. The van der Waals surface area contributed by atoms with Crippen molar-refractivity contribution in [3.05, 3.63) is 53.5 Å². The van der Waals surface area contributed by atoms with Crippen LogP contribution in [0.5, 0.6) is 0 Å². The number of benzene rings is 1. The van der Waals surface area contributed by atoms with E-state index in [1.807, 2.05) is 30.5 Å². The summed E-state index contributed by atoms with van der Waals surface area (Å²) >= 11 is 0. The van der Waals surface area contributed by atoms with Gasteiger partial charge in [-0.3, -0.25) is 4.98 Å². The van der Waals surface area contributed by atoms with Crippen LogP contribution in [0, 0.1) is 5.82 Å². The Balaban J connectivity index is 2.15. The summed E-state index contributed by atoms with van der Waals surface area (Å²) in [5.41, 5.74) is 3.54. The molecule has 0 unspecified atom stereocenters. The summed E-state index contributed by atoms with van der Waals surface area (Å²) in [4.78, 5) is 4.35. The first kappa shape index (κ1) is 14.7. The van der Waals surface area contributed by atoms with Crippen LogP contribution in [0.25, 0.3) is 11.3 Å². The molecule has 2 aromatic rings. The van der Waals surface area contributed by atoms with Crippen molar-refractivity contribution in [1.82, 2.24) is 4.98 Å². The van der Waals surface area contributed by atoms with Crippen molar-refractivity contribution in [3.63, 3.8) is 0 Å². The van der Waals surface area contributed by atoms with E-state index in [9.17, 15) is 4.39 Å². The molecule has 2 heteroatoms. The first-order valence-corrected chi connectivity index (χ1v) is 7.48. The highest BCUT2D eigenvalue weighted by molar-refractivity contribution is 5.60. The summed E-state index contributed by atoms with van der Waals surface area (Å²) in [5, 5.41) is 0. The third-order valence-corrected chi connectivity index (χ3v) is 3.61. The lowest BCUT2D eigenvalue weighted by molar-refractivity contribution is 0.626. The van der Waals surface area contributed by atoms with Crippen molar-refractivity contribution in [1.29, 1.82) is 0 Å². The van der Waals surface area contributed by atoms with Crippen LogP contribution < -0.4 is 0 Å². The molecule has 1 aromatic carbocycles. The highest BCUT2D eigenvalue weighted by Gasteiger charge is 2.07. The minimum Gasteiger partial charge on any atom is -0.256 e. The van der Waals surface area contributed by atoms with E-state index < -0.39 is 0 Å². The second-order valence-corrected chi connectivity index (χ2v) is 5.18. The van der Waals surface area contributed by atoms with Gasteiger partial charge in [-0.2, -0.15) is 0 Å². The van der Waals surface area contributed by atoms with Crippen molar-refractivity contribution in [2.75, 3.05) is 0 Å². The van der Waals surface area contributed by atoms with E-state index in [4.69, 9.17) is 0 Å². The summed E-state index contributed by atoms with van der Waals surface area (Å²) in [6.07, 6.45) is 7.24. The van der Waals surface area contributed by atoms with Crippen molar-refractivity contribution in [3.8, 4) is 11.3 Å². The molecule has 0 bridgehead atoms. The second-order valence-electron chi connectivity index (χ2n) is 5.18. The van der Waals surface area contributed by atoms with E-state index in [-0.39, 0.29) is 5.82 Å². The van der Waals surface area contributed by atoms with Crippen LogP contribution in [0.1, 0.15) is 44.2 Å². The van der Waals surface area contributed by atoms with E-state index >= 15 is 0 Å². The first-order chi connectivity index (χ1) is 9.74.